The van der Waals surface area contributed by atoms with Gasteiger partial charge in [-0.15, -0.1) is 0 Å². The van der Waals surface area contributed by atoms with Crippen molar-refractivity contribution in [1.82, 2.24) is 4.98 Å². The molecule has 24 heavy (non-hydrogen) atoms. The van der Waals surface area contributed by atoms with Crippen molar-refractivity contribution in [2.45, 2.75) is 13.2 Å². The third kappa shape index (κ3) is 3.44. The lowest BCUT2D eigenvalue weighted by Crippen LogP contribution is -2.15. The molecule has 124 valence electrons. The summed E-state index contributed by atoms with van der Waals surface area (Å²) < 4.78 is 15.7. The van der Waals surface area contributed by atoms with Gasteiger partial charge >= 0.3 is 5.97 Å². The number of carbonyl (C=O) groups excluding carboxylic acids is 1. The molecule has 0 N–H and O–H groups in total. The number of non-ortho nitro benzene ring substituents is 1. The van der Waals surface area contributed by atoms with Crippen LogP contribution in [0.15, 0.2) is 30.5 Å². The summed E-state index contributed by atoms with van der Waals surface area (Å²) in [6.45, 7) is 0.0480. The van der Waals surface area contributed by atoms with E-state index in [2.05, 4.69) is 4.98 Å². The van der Waals surface area contributed by atoms with Crippen LogP contribution in [0, 0.1) is 10.1 Å². The van der Waals surface area contributed by atoms with Crippen molar-refractivity contribution in [2.75, 3.05) is 6.79 Å². The van der Waals surface area contributed by atoms with Crippen molar-refractivity contribution in [3.63, 3.8) is 0 Å². The van der Waals surface area contributed by atoms with E-state index in [1.54, 1.807) is 0 Å². The second-order valence-corrected chi connectivity index (χ2v) is 5.29. The van der Waals surface area contributed by atoms with Crippen molar-refractivity contribution in [1.29, 1.82) is 0 Å². The number of pyridine rings is 1. The maximum atomic E-state index is 12.0. The molecule has 0 amide bonds. The van der Waals surface area contributed by atoms with Gasteiger partial charge in [0.15, 0.2) is 6.79 Å². The van der Waals surface area contributed by atoms with Crippen LogP contribution >= 0.6 is 11.6 Å². The molecule has 0 radical (unpaired) electrons. The first-order valence-electron chi connectivity index (χ1n) is 6.84. The van der Waals surface area contributed by atoms with Crippen LogP contribution in [0.3, 0.4) is 0 Å². The summed E-state index contributed by atoms with van der Waals surface area (Å²) >= 11 is 5.73. The van der Waals surface area contributed by atoms with Crippen LogP contribution in [0.2, 0.25) is 5.15 Å². The second-order valence-electron chi connectivity index (χ2n) is 4.90. The van der Waals surface area contributed by atoms with Gasteiger partial charge in [-0.1, -0.05) is 11.6 Å². The van der Waals surface area contributed by atoms with Gasteiger partial charge in [0.25, 0.3) is 5.69 Å². The molecule has 0 spiro atoms. The number of nitro groups is 1. The Morgan fingerprint density at radius 3 is 3.00 bits per heavy atom. The summed E-state index contributed by atoms with van der Waals surface area (Å²) in [5.74, 6) is -0.181. The van der Waals surface area contributed by atoms with Crippen molar-refractivity contribution < 1.29 is 23.9 Å². The van der Waals surface area contributed by atoms with Crippen LogP contribution in [0.1, 0.15) is 21.5 Å². The molecular weight excluding hydrogens is 340 g/mol. The number of benzene rings is 1. The Kier molecular flexibility index (Phi) is 4.59. The van der Waals surface area contributed by atoms with E-state index < -0.39 is 10.9 Å². The first-order valence-corrected chi connectivity index (χ1v) is 7.22. The average Bonchev–Trinajstić information content (AvgIpc) is 2.59. The topological polar surface area (TPSA) is 101 Å². The highest BCUT2D eigenvalue weighted by molar-refractivity contribution is 6.29. The minimum Gasteiger partial charge on any atom is -0.467 e. The van der Waals surface area contributed by atoms with Gasteiger partial charge in [0.1, 0.15) is 17.5 Å². The van der Waals surface area contributed by atoms with E-state index in [1.807, 2.05) is 0 Å². The van der Waals surface area contributed by atoms with Crippen LogP contribution in [0.25, 0.3) is 0 Å². The zero-order chi connectivity index (χ0) is 17.1. The second kappa shape index (κ2) is 6.81. The van der Waals surface area contributed by atoms with Crippen LogP contribution in [0.4, 0.5) is 5.69 Å². The van der Waals surface area contributed by atoms with Gasteiger partial charge in [-0.25, -0.2) is 9.78 Å². The maximum Gasteiger partial charge on any atom is 0.338 e. The quantitative estimate of drug-likeness (QED) is 0.361. The summed E-state index contributed by atoms with van der Waals surface area (Å²) in [6.07, 6.45) is 1.38. The molecule has 0 unspecified atom stereocenters. The Hall–Kier alpha value is -2.71. The number of hydrogen-bond donors (Lipinski definition) is 0. The number of nitrogens with zero attached hydrogens (tertiary/aromatic N) is 2. The van der Waals surface area contributed by atoms with E-state index in [1.165, 1.54) is 30.5 Å². The number of esters is 1. The lowest BCUT2D eigenvalue weighted by molar-refractivity contribution is -0.385. The number of ether oxygens (including phenoxy) is 3. The molecule has 0 aliphatic carbocycles. The van der Waals surface area contributed by atoms with E-state index in [-0.39, 0.29) is 36.4 Å². The molecule has 1 aliphatic heterocycles. The molecule has 3 rings (SSSR count). The van der Waals surface area contributed by atoms with Gasteiger partial charge in [-0.3, -0.25) is 10.1 Å². The van der Waals surface area contributed by atoms with Crippen molar-refractivity contribution in [2.24, 2.45) is 0 Å². The molecule has 9 heteroatoms. The van der Waals surface area contributed by atoms with E-state index in [0.29, 0.717) is 16.9 Å². The molecule has 2 heterocycles. The fourth-order valence-electron chi connectivity index (χ4n) is 2.25. The van der Waals surface area contributed by atoms with Crippen molar-refractivity contribution in [3.05, 3.63) is 62.4 Å². The minimum absolute atomic E-state index is 0.0335. The lowest BCUT2D eigenvalue weighted by atomic mass is 10.1. The van der Waals surface area contributed by atoms with E-state index in [9.17, 15) is 14.9 Å². The molecule has 0 saturated heterocycles. The van der Waals surface area contributed by atoms with Gasteiger partial charge in [0.05, 0.1) is 17.1 Å². The highest BCUT2D eigenvalue weighted by atomic mass is 35.5. The first-order chi connectivity index (χ1) is 11.5. The molecule has 1 aliphatic rings. The Balaban J connectivity index is 1.82. The number of carbonyl (C=O) groups is 1. The number of rotatable bonds is 4. The SMILES string of the molecule is O=C(OCc1cc([N+](=O)[O-])cc2c1OCOC2)c1ccnc(Cl)c1. The normalized spacial score (nSPS) is 12.9. The Bertz CT molecular complexity index is 811. The largest absolute Gasteiger partial charge is 0.467 e. The monoisotopic (exact) mass is 350 g/mol. The molecule has 8 nitrogen and oxygen atoms in total. The van der Waals surface area contributed by atoms with Crippen LogP contribution < -0.4 is 4.74 Å². The molecular formula is C15H11ClN2O6. The molecule has 0 atom stereocenters. The average molecular weight is 351 g/mol. The number of halogens is 1. The Morgan fingerprint density at radius 1 is 1.42 bits per heavy atom. The van der Waals surface area contributed by atoms with Gasteiger partial charge in [0.2, 0.25) is 0 Å². The molecule has 0 fully saturated rings. The predicted molar refractivity (Wildman–Crippen MR) is 81.7 cm³/mol. The third-order valence-electron chi connectivity index (χ3n) is 3.30. The van der Waals surface area contributed by atoms with E-state index in [0.717, 1.165) is 0 Å². The molecule has 1 aromatic heterocycles. The van der Waals surface area contributed by atoms with Crippen molar-refractivity contribution >= 4 is 23.3 Å². The summed E-state index contributed by atoms with van der Waals surface area (Å²) in [7, 11) is 0. The highest BCUT2D eigenvalue weighted by Crippen LogP contribution is 2.33. The van der Waals surface area contributed by atoms with Crippen LogP contribution in [-0.2, 0) is 22.7 Å². The lowest BCUT2D eigenvalue weighted by Gasteiger charge is -2.20. The fraction of sp³-hybridized carbons (Fsp3) is 0.200. The molecule has 1 aromatic carbocycles. The van der Waals surface area contributed by atoms with E-state index >= 15 is 0 Å². The van der Waals surface area contributed by atoms with E-state index in [4.69, 9.17) is 25.8 Å². The third-order valence-corrected chi connectivity index (χ3v) is 3.51. The highest BCUT2D eigenvalue weighted by Gasteiger charge is 2.22. The standard InChI is InChI=1S/C15H11ClN2O6/c16-13-5-9(1-2-17-13)15(19)23-7-11-4-12(18(20)21)3-10-6-22-8-24-14(10)11/h1-5H,6-8H2. The van der Waals surface area contributed by atoms with Gasteiger partial charge in [0, 0.05) is 29.5 Å². The number of aromatic nitrogens is 1. The Labute approximate surface area is 141 Å². The number of hydrogen-bond acceptors (Lipinski definition) is 7. The minimum atomic E-state index is -0.619. The zero-order valence-corrected chi connectivity index (χ0v) is 13.0. The number of nitro benzene ring substituents is 1. The Morgan fingerprint density at radius 2 is 2.25 bits per heavy atom. The predicted octanol–water partition coefficient (Wildman–Crippen LogP) is 2.87. The smallest absolute Gasteiger partial charge is 0.338 e. The van der Waals surface area contributed by atoms with Crippen molar-refractivity contribution in [3.8, 4) is 5.75 Å². The van der Waals surface area contributed by atoms with Crippen LogP contribution in [0.5, 0.6) is 5.75 Å². The first kappa shape index (κ1) is 16.2. The fourth-order valence-corrected chi connectivity index (χ4v) is 2.42. The van der Waals surface area contributed by atoms with Gasteiger partial charge in [-0.05, 0) is 12.1 Å². The van der Waals surface area contributed by atoms with Crippen LogP contribution in [-0.4, -0.2) is 22.7 Å². The molecule has 2 aromatic rings. The zero-order valence-electron chi connectivity index (χ0n) is 12.2. The summed E-state index contributed by atoms with van der Waals surface area (Å²) in [5.41, 5.74) is 1.05. The summed E-state index contributed by atoms with van der Waals surface area (Å²) in [6, 6.07) is 5.53. The molecule has 0 bridgehead atoms. The maximum absolute atomic E-state index is 12.0. The number of fused-ring (bicyclic) bond motifs is 1. The summed E-state index contributed by atoms with van der Waals surface area (Å²) in [5, 5.41) is 11.2. The molecule has 0 saturated carbocycles. The summed E-state index contributed by atoms with van der Waals surface area (Å²) in [4.78, 5) is 26.3. The van der Waals surface area contributed by atoms with Gasteiger partial charge in [-0.2, -0.15) is 0 Å². The van der Waals surface area contributed by atoms with Gasteiger partial charge < -0.3 is 14.2 Å².